The SMILES string of the molecule is CC(=O)N1C(=O)[C@@H]([C@H](O[Si](C)(C)C(C)(C)C)[C@H]2COC(C)(C)O2)C[C@H]1[C@@H](O[Si](C)(C)C(C)(C)C)[C@@H]1COC(C)(C)O1. The second-order valence-electron chi connectivity index (χ2n) is 16.1. The summed E-state index contributed by atoms with van der Waals surface area (Å²) in [6.45, 7) is 31.4. The fraction of sp³-hybridized carbons (Fsp3) is 0.933. The Bertz CT molecular complexity index is 984. The van der Waals surface area contributed by atoms with Crippen molar-refractivity contribution in [2.45, 2.75) is 161 Å². The molecule has 3 aliphatic rings. The van der Waals surface area contributed by atoms with Crippen LogP contribution in [0.15, 0.2) is 0 Å². The first kappa shape index (κ1) is 34.8. The van der Waals surface area contributed by atoms with Gasteiger partial charge in [-0.15, -0.1) is 0 Å². The molecule has 0 bridgehead atoms. The lowest BCUT2D eigenvalue weighted by Crippen LogP contribution is -2.56. The average molecular weight is 616 g/mol. The van der Waals surface area contributed by atoms with E-state index in [0.717, 1.165) is 0 Å². The lowest BCUT2D eigenvalue weighted by Gasteiger charge is -2.43. The summed E-state index contributed by atoms with van der Waals surface area (Å²) < 4.78 is 38.6. The molecule has 3 aliphatic heterocycles. The Hall–Kier alpha value is -0.666. The number of imide groups is 1. The van der Waals surface area contributed by atoms with Gasteiger partial charge in [0, 0.05) is 6.92 Å². The van der Waals surface area contributed by atoms with Crippen molar-refractivity contribution >= 4 is 28.4 Å². The Kier molecular flexibility index (Phi) is 9.65. The van der Waals surface area contributed by atoms with Crippen molar-refractivity contribution in [3.8, 4) is 0 Å². The molecule has 41 heavy (non-hydrogen) atoms. The molecule has 3 heterocycles. The van der Waals surface area contributed by atoms with Gasteiger partial charge in [0.05, 0.1) is 37.4 Å². The highest BCUT2D eigenvalue weighted by atomic mass is 28.4. The number of rotatable bonds is 8. The van der Waals surface area contributed by atoms with Gasteiger partial charge in [-0.1, -0.05) is 41.5 Å². The van der Waals surface area contributed by atoms with E-state index in [1.54, 1.807) is 0 Å². The number of hydrogen-bond acceptors (Lipinski definition) is 8. The predicted molar refractivity (Wildman–Crippen MR) is 163 cm³/mol. The maximum Gasteiger partial charge on any atom is 0.235 e. The summed E-state index contributed by atoms with van der Waals surface area (Å²) in [5.41, 5.74) is 0. The van der Waals surface area contributed by atoms with Crippen LogP contribution in [0.5, 0.6) is 0 Å². The van der Waals surface area contributed by atoms with Crippen molar-refractivity contribution in [1.82, 2.24) is 4.90 Å². The van der Waals surface area contributed by atoms with Crippen LogP contribution in [0.3, 0.4) is 0 Å². The summed E-state index contributed by atoms with van der Waals surface area (Å²) in [4.78, 5) is 28.9. The predicted octanol–water partition coefficient (Wildman–Crippen LogP) is 5.83. The van der Waals surface area contributed by atoms with E-state index < -0.39 is 64.6 Å². The van der Waals surface area contributed by atoms with Gasteiger partial charge in [0.2, 0.25) is 11.8 Å². The second-order valence-corrected chi connectivity index (χ2v) is 25.6. The molecule has 11 heteroatoms. The molecule has 9 nitrogen and oxygen atoms in total. The van der Waals surface area contributed by atoms with Gasteiger partial charge in [0.25, 0.3) is 0 Å². The average Bonchev–Trinajstić information content (AvgIpc) is 3.42. The Morgan fingerprint density at radius 3 is 1.56 bits per heavy atom. The Morgan fingerprint density at radius 1 is 0.829 bits per heavy atom. The van der Waals surface area contributed by atoms with E-state index in [2.05, 4.69) is 67.7 Å². The zero-order valence-electron chi connectivity index (χ0n) is 28.3. The molecule has 0 spiro atoms. The molecule has 0 N–H and O–H groups in total. The van der Waals surface area contributed by atoms with Crippen LogP contribution in [-0.4, -0.2) is 88.6 Å². The lowest BCUT2D eigenvalue weighted by atomic mass is 9.92. The highest BCUT2D eigenvalue weighted by Gasteiger charge is 2.58. The summed E-state index contributed by atoms with van der Waals surface area (Å²) in [5.74, 6) is -2.71. The highest BCUT2D eigenvalue weighted by Crippen LogP contribution is 2.45. The van der Waals surface area contributed by atoms with Crippen molar-refractivity contribution in [2.24, 2.45) is 5.92 Å². The highest BCUT2D eigenvalue weighted by molar-refractivity contribution is 6.74. The Labute approximate surface area is 250 Å². The summed E-state index contributed by atoms with van der Waals surface area (Å²) in [7, 11) is -4.69. The smallest absolute Gasteiger partial charge is 0.235 e. The summed E-state index contributed by atoms with van der Waals surface area (Å²) >= 11 is 0. The number of ether oxygens (including phenoxy) is 4. The molecule has 6 atom stereocenters. The summed E-state index contributed by atoms with van der Waals surface area (Å²) in [6, 6.07) is -0.525. The van der Waals surface area contributed by atoms with Crippen LogP contribution in [0, 0.1) is 5.92 Å². The van der Waals surface area contributed by atoms with E-state index in [0.29, 0.717) is 19.6 Å². The van der Waals surface area contributed by atoms with Gasteiger partial charge in [0.15, 0.2) is 28.2 Å². The maximum absolute atomic E-state index is 14.3. The first-order chi connectivity index (χ1) is 18.3. The molecule has 3 saturated heterocycles. The van der Waals surface area contributed by atoms with E-state index in [1.165, 1.54) is 11.8 Å². The van der Waals surface area contributed by atoms with Crippen LogP contribution >= 0.6 is 0 Å². The van der Waals surface area contributed by atoms with Gasteiger partial charge >= 0.3 is 0 Å². The van der Waals surface area contributed by atoms with Crippen LogP contribution < -0.4 is 0 Å². The monoisotopic (exact) mass is 615 g/mol. The van der Waals surface area contributed by atoms with E-state index in [4.69, 9.17) is 27.8 Å². The van der Waals surface area contributed by atoms with Crippen LogP contribution in [-0.2, 0) is 37.4 Å². The Morgan fingerprint density at radius 2 is 1.22 bits per heavy atom. The van der Waals surface area contributed by atoms with Crippen LogP contribution in [0.25, 0.3) is 0 Å². The molecule has 3 rings (SSSR count). The summed E-state index contributed by atoms with van der Waals surface area (Å²) in [6.07, 6.45) is -1.59. The minimum Gasteiger partial charge on any atom is -0.410 e. The third-order valence-corrected chi connectivity index (χ3v) is 18.7. The molecule has 0 aliphatic carbocycles. The molecule has 0 unspecified atom stereocenters. The first-order valence-electron chi connectivity index (χ1n) is 15.1. The normalized spacial score (nSPS) is 30.6. The van der Waals surface area contributed by atoms with Crippen molar-refractivity contribution in [2.75, 3.05) is 13.2 Å². The first-order valence-corrected chi connectivity index (χ1v) is 20.9. The van der Waals surface area contributed by atoms with Crippen molar-refractivity contribution in [1.29, 1.82) is 0 Å². The van der Waals surface area contributed by atoms with Crippen molar-refractivity contribution in [3.05, 3.63) is 0 Å². The van der Waals surface area contributed by atoms with Crippen molar-refractivity contribution < 1.29 is 37.4 Å². The second kappa shape index (κ2) is 11.4. The largest absolute Gasteiger partial charge is 0.410 e. The molecule has 0 aromatic rings. The molecule has 238 valence electrons. The minimum atomic E-state index is -2.35. The van der Waals surface area contributed by atoms with Crippen LogP contribution in [0.1, 0.15) is 82.6 Å². The zero-order valence-corrected chi connectivity index (χ0v) is 30.3. The van der Waals surface area contributed by atoms with Gasteiger partial charge in [-0.3, -0.25) is 14.5 Å². The molecule has 0 aromatic heterocycles. The van der Waals surface area contributed by atoms with Gasteiger partial charge in [0.1, 0.15) is 12.2 Å². The molecule has 0 saturated carbocycles. The van der Waals surface area contributed by atoms with E-state index in [-0.39, 0.29) is 21.9 Å². The quantitative estimate of drug-likeness (QED) is 0.315. The summed E-state index contributed by atoms with van der Waals surface area (Å²) in [5, 5.41) is -0.173. The van der Waals surface area contributed by atoms with Crippen molar-refractivity contribution in [3.63, 3.8) is 0 Å². The third-order valence-electron chi connectivity index (χ3n) is 9.76. The zero-order chi connectivity index (χ0) is 31.6. The molecule has 0 radical (unpaired) electrons. The van der Waals surface area contributed by atoms with E-state index in [9.17, 15) is 9.59 Å². The number of nitrogens with zero attached hydrogens (tertiary/aromatic N) is 1. The van der Waals surface area contributed by atoms with E-state index >= 15 is 0 Å². The molecule has 2 amide bonds. The fourth-order valence-corrected chi connectivity index (χ4v) is 8.05. The van der Waals surface area contributed by atoms with Gasteiger partial charge in [-0.25, -0.2) is 0 Å². The number of amides is 2. The Balaban J connectivity index is 2.06. The third kappa shape index (κ3) is 7.53. The standard InChI is InChI=1S/C30H57NO8Si2/c1-19(32)31-21(25(23-18-35-30(10,11)37-23)39-41(14,15)28(5,6)7)16-20(26(31)33)24(22-17-34-29(8,9)36-22)38-40(12,13)27(2,3)4/h20-25H,16-18H2,1-15H3/t20-,21+,22-,23+,24+,25-/m1/s1. The maximum atomic E-state index is 14.3. The number of carbonyl (C=O) groups excluding carboxylic acids is 2. The molecule has 3 fully saturated rings. The molecular weight excluding hydrogens is 559 g/mol. The fourth-order valence-electron chi connectivity index (χ4n) is 5.36. The van der Waals surface area contributed by atoms with Gasteiger partial charge in [-0.05, 0) is 70.4 Å². The number of carbonyl (C=O) groups is 2. The van der Waals surface area contributed by atoms with Crippen LogP contribution in [0.4, 0.5) is 0 Å². The number of hydrogen-bond donors (Lipinski definition) is 0. The minimum absolute atomic E-state index is 0.0854. The van der Waals surface area contributed by atoms with Gasteiger partial charge < -0.3 is 27.8 Å². The van der Waals surface area contributed by atoms with Crippen LogP contribution in [0.2, 0.25) is 36.3 Å². The molecule has 0 aromatic carbocycles. The lowest BCUT2D eigenvalue weighted by molar-refractivity contribution is -0.161. The molecular formula is C30H57NO8Si2. The van der Waals surface area contributed by atoms with E-state index in [1.807, 2.05) is 27.7 Å². The number of likely N-dealkylation sites (tertiary alicyclic amines) is 1. The topological polar surface area (TPSA) is 92.8 Å². The van der Waals surface area contributed by atoms with Gasteiger partial charge in [-0.2, -0.15) is 0 Å².